The van der Waals surface area contributed by atoms with E-state index in [1.54, 1.807) is 74.5 Å². The van der Waals surface area contributed by atoms with Gasteiger partial charge in [-0.25, -0.2) is 9.59 Å². The molecule has 0 saturated carbocycles. The number of carbonyl (C=O) groups is 5. The highest BCUT2D eigenvalue weighted by Gasteiger charge is 2.48. The lowest BCUT2D eigenvalue weighted by atomic mass is 9.86. The number of nitrogens with one attached hydrogen (secondary N) is 2. The summed E-state index contributed by atoms with van der Waals surface area (Å²) in [6.07, 6.45) is 2.92. The minimum Gasteiger partial charge on any atom is -0.459 e. The van der Waals surface area contributed by atoms with Crippen molar-refractivity contribution in [2.24, 2.45) is 16.6 Å². The van der Waals surface area contributed by atoms with E-state index in [-0.39, 0.29) is 64.7 Å². The van der Waals surface area contributed by atoms with Crippen LogP contribution in [-0.4, -0.2) is 52.3 Å². The second kappa shape index (κ2) is 26.5. The molecule has 15 heteroatoms. The summed E-state index contributed by atoms with van der Waals surface area (Å²) in [7, 11) is 0. The molecule has 1 aliphatic rings. The fraction of sp³-hybridized carbons (Fsp3) is 0.482. The number of esters is 2. The number of ether oxygens (including phenoxy) is 2. The molecule has 0 aliphatic carbocycles. The van der Waals surface area contributed by atoms with E-state index in [0.29, 0.717) is 43.2 Å². The Morgan fingerprint density at radius 1 is 0.662 bits per heavy atom. The fourth-order valence-electron chi connectivity index (χ4n) is 7.75. The molecule has 5 rings (SSSR count). The van der Waals surface area contributed by atoms with Crippen molar-refractivity contribution in [3.8, 4) is 0 Å². The van der Waals surface area contributed by atoms with E-state index in [2.05, 4.69) is 52.2 Å². The Kier molecular flexibility index (Phi) is 22.7. The summed E-state index contributed by atoms with van der Waals surface area (Å²) in [4.78, 5) is 62.7. The Bertz CT molecular complexity index is 2400. The number of amides is 2. The minimum absolute atomic E-state index is 0.0319. The van der Waals surface area contributed by atoms with E-state index in [9.17, 15) is 24.0 Å². The smallest absolute Gasteiger partial charge is 0.338 e. The van der Waals surface area contributed by atoms with Crippen LogP contribution in [0.2, 0.25) is 20.1 Å². The fourth-order valence-corrected chi connectivity index (χ4v) is 8.83. The number of nitrogens with zero attached hydrogens (tertiary/aromatic N) is 1. The van der Waals surface area contributed by atoms with Gasteiger partial charge in [-0.2, -0.15) is 0 Å². The number of benzene rings is 4. The standard InChI is InChI=1S/C28H36Cl2N2O3.C25H32Cl2N2O3.C3H6O/c1-17(2)35-26(34)19-10-8-18(9-11-19)23(12-13-27(3,4)5)32-25(33)24(31-28(32,6)7)20-14-21(29)16-22(30)15-20;1-15(2)32-24(31)17-8-6-16(7-9-17)21(10-11-25(3,4)5)29-23(30)22(28)18-12-19(26)14-20(27)13-18;1-3(2)4/h8-11,14-17,23-24,31H,12-13H2,1-7H3;6-9,12-15,21-22H,10-11,28H2,1-5H3,(H,29,30);1-2H3/t23-,24?;21-,22?;/m11./s1. The maximum Gasteiger partial charge on any atom is 0.338 e. The van der Waals surface area contributed by atoms with Crippen LogP contribution in [-0.2, 0) is 23.9 Å². The van der Waals surface area contributed by atoms with Crippen molar-refractivity contribution in [3.05, 3.63) is 138 Å². The lowest BCUT2D eigenvalue weighted by molar-refractivity contribution is -0.135. The molecule has 388 valence electrons. The van der Waals surface area contributed by atoms with Gasteiger partial charge in [0.05, 0.1) is 41.1 Å². The maximum absolute atomic E-state index is 13.9. The van der Waals surface area contributed by atoms with Gasteiger partial charge in [0.1, 0.15) is 17.9 Å². The third-order valence-corrected chi connectivity index (χ3v) is 11.9. The van der Waals surface area contributed by atoms with Gasteiger partial charge in [-0.1, -0.05) is 112 Å². The van der Waals surface area contributed by atoms with Crippen molar-refractivity contribution in [1.29, 1.82) is 0 Å². The number of Topliss-reactive ketones (excluding diaryl/α,β-unsaturated/α-hetero) is 1. The van der Waals surface area contributed by atoms with Crippen LogP contribution in [0.1, 0.15) is 190 Å². The van der Waals surface area contributed by atoms with Gasteiger partial charge in [-0.15, -0.1) is 0 Å². The van der Waals surface area contributed by atoms with Crippen molar-refractivity contribution in [3.63, 3.8) is 0 Å². The van der Waals surface area contributed by atoms with Crippen molar-refractivity contribution >= 4 is 75.9 Å². The number of hydrogen-bond acceptors (Lipinski definition) is 9. The Hall–Kier alpha value is -4.49. The van der Waals surface area contributed by atoms with Gasteiger partial charge in [0.25, 0.3) is 0 Å². The number of halogens is 4. The maximum atomic E-state index is 13.9. The predicted molar refractivity (Wildman–Crippen MR) is 288 cm³/mol. The highest BCUT2D eigenvalue weighted by atomic mass is 35.5. The molecule has 4 atom stereocenters. The van der Waals surface area contributed by atoms with Crippen molar-refractivity contribution in [2.75, 3.05) is 0 Å². The Balaban J connectivity index is 0.000000350. The largest absolute Gasteiger partial charge is 0.459 e. The van der Waals surface area contributed by atoms with Crippen LogP contribution in [0, 0.1) is 10.8 Å². The molecule has 1 saturated heterocycles. The van der Waals surface area contributed by atoms with Gasteiger partial charge in [-0.05, 0) is 175 Å². The summed E-state index contributed by atoms with van der Waals surface area (Å²) in [5, 5.41) is 8.37. The molecule has 4 N–H and O–H groups in total. The lowest BCUT2D eigenvalue weighted by Gasteiger charge is -2.39. The number of carbonyl (C=O) groups excluding carboxylic acids is 5. The average Bonchev–Trinajstić information content (AvgIpc) is 3.47. The number of nitrogens with two attached hydrogens (primary N) is 1. The molecule has 0 aromatic heterocycles. The molecular formula is C56H74Cl4N4O7. The Morgan fingerprint density at radius 3 is 1.46 bits per heavy atom. The molecule has 4 aromatic carbocycles. The molecule has 2 amide bonds. The van der Waals surface area contributed by atoms with Gasteiger partial charge in [0, 0.05) is 20.1 Å². The van der Waals surface area contributed by atoms with Gasteiger partial charge in [-0.3, -0.25) is 14.9 Å². The summed E-state index contributed by atoms with van der Waals surface area (Å²) in [6, 6.07) is 22.7. The number of hydrogen-bond donors (Lipinski definition) is 3. The summed E-state index contributed by atoms with van der Waals surface area (Å²) >= 11 is 24.6. The number of ketones is 1. The van der Waals surface area contributed by atoms with Crippen LogP contribution in [0.15, 0.2) is 84.9 Å². The van der Waals surface area contributed by atoms with E-state index < -0.39 is 17.7 Å². The molecule has 71 heavy (non-hydrogen) atoms. The number of rotatable bonds is 15. The van der Waals surface area contributed by atoms with Crippen LogP contribution in [0.3, 0.4) is 0 Å². The van der Waals surface area contributed by atoms with Gasteiger partial charge in [0.15, 0.2) is 0 Å². The van der Waals surface area contributed by atoms with Crippen LogP contribution >= 0.6 is 46.4 Å². The highest BCUT2D eigenvalue weighted by molar-refractivity contribution is 6.35. The van der Waals surface area contributed by atoms with Crippen LogP contribution in [0.25, 0.3) is 0 Å². The zero-order valence-electron chi connectivity index (χ0n) is 43.8. The highest BCUT2D eigenvalue weighted by Crippen LogP contribution is 2.42. The van der Waals surface area contributed by atoms with Gasteiger partial charge >= 0.3 is 11.9 Å². The normalized spacial score (nSPS) is 15.7. The van der Waals surface area contributed by atoms with Crippen molar-refractivity contribution < 1.29 is 33.4 Å². The zero-order chi connectivity index (χ0) is 53.8. The monoisotopic (exact) mass is 1050 g/mol. The first-order chi connectivity index (χ1) is 32.8. The first kappa shape index (κ1) is 60.8. The molecule has 1 heterocycles. The van der Waals surface area contributed by atoms with E-state index in [1.165, 1.54) is 13.8 Å². The third-order valence-electron chi connectivity index (χ3n) is 11.1. The molecule has 0 spiro atoms. The molecule has 0 radical (unpaired) electrons. The van der Waals surface area contributed by atoms with Crippen LogP contribution < -0.4 is 16.4 Å². The van der Waals surface area contributed by atoms with Gasteiger partial charge in [0.2, 0.25) is 11.8 Å². The SMILES string of the molecule is CC(C)=O.CC(C)OC(=O)c1ccc([C@@H](CCC(C)(C)C)N2C(=O)C(c3cc(Cl)cc(Cl)c3)NC2(C)C)cc1.CC(C)OC(=O)c1ccc([C@@H](CCC(C)(C)C)NC(=O)C(N)c2cc(Cl)cc(Cl)c2)cc1. The molecule has 1 fully saturated rings. The predicted octanol–water partition coefficient (Wildman–Crippen LogP) is 14.2. The van der Waals surface area contributed by atoms with E-state index >= 15 is 0 Å². The summed E-state index contributed by atoms with van der Waals surface area (Å²) in [5.74, 6) is -0.919. The summed E-state index contributed by atoms with van der Waals surface area (Å²) < 4.78 is 10.6. The Morgan fingerprint density at radius 2 is 1.06 bits per heavy atom. The van der Waals surface area contributed by atoms with Gasteiger partial charge < -0.3 is 30.2 Å². The molecule has 1 aliphatic heterocycles. The molecule has 4 aromatic rings. The van der Waals surface area contributed by atoms with E-state index in [1.807, 2.05) is 56.9 Å². The summed E-state index contributed by atoms with van der Waals surface area (Å²) in [5.41, 5.74) is 9.88. The van der Waals surface area contributed by atoms with Crippen molar-refractivity contribution in [2.45, 2.75) is 165 Å². The van der Waals surface area contributed by atoms with Crippen LogP contribution in [0.4, 0.5) is 0 Å². The average molecular weight is 1060 g/mol. The molecule has 11 nitrogen and oxygen atoms in total. The minimum atomic E-state index is -0.913. The molecular weight excluding hydrogens is 982 g/mol. The third kappa shape index (κ3) is 20.2. The summed E-state index contributed by atoms with van der Waals surface area (Å²) in [6.45, 7) is 27.4. The topological polar surface area (TPSA) is 157 Å². The first-order valence-electron chi connectivity index (χ1n) is 23.9. The second-order valence-electron chi connectivity index (χ2n) is 21.6. The van der Waals surface area contributed by atoms with E-state index in [0.717, 1.165) is 36.0 Å². The quantitative estimate of drug-likeness (QED) is 0.0986. The first-order valence-corrected chi connectivity index (χ1v) is 25.5. The lowest BCUT2D eigenvalue weighted by Crippen LogP contribution is -2.48. The van der Waals surface area contributed by atoms with Crippen molar-refractivity contribution in [1.82, 2.24) is 15.5 Å². The Labute approximate surface area is 442 Å². The molecule has 0 bridgehead atoms. The second-order valence-corrected chi connectivity index (χ2v) is 23.3. The zero-order valence-corrected chi connectivity index (χ0v) is 46.8. The van der Waals surface area contributed by atoms with Crippen LogP contribution in [0.5, 0.6) is 0 Å². The van der Waals surface area contributed by atoms with E-state index in [4.69, 9.17) is 61.6 Å². The molecule has 2 unspecified atom stereocenters.